The van der Waals surface area contributed by atoms with Crippen LogP contribution in [0.25, 0.3) is 5.82 Å². The Morgan fingerprint density at radius 2 is 1.82 bits per heavy atom. The van der Waals surface area contributed by atoms with Crippen molar-refractivity contribution in [3.05, 3.63) is 101 Å². The molecule has 0 spiro atoms. The number of nitrogens with zero attached hydrogens (tertiary/aromatic N) is 4. The second kappa shape index (κ2) is 11.2. The maximum atomic E-state index is 13.0. The number of rotatable bonds is 8. The molecular formula is C30H32N6O2S. The first-order valence-corrected chi connectivity index (χ1v) is 13.3. The summed E-state index contributed by atoms with van der Waals surface area (Å²) in [6.07, 6.45) is 3.86. The minimum atomic E-state index is -0.172. The maximum Gasteiger partial charge on any atom is 0.226 e. The molecule has 1 amide bonds. The lowest BCUT2D eigenvalue weighted by Crippen LogP contribution is -2.33. The number of aryl methyl sites for hydroxylation is 2. The van der Waals surface area contributed by atoms with Crippen LogP contribution < -0.4 is 15.4 Å². The zero-order valence-corrected chi connectivity index (χ0v) is 23.3. The lowest BCUT2D eigenvalue weighted by atomic mass is 9.96. The molecule has 39 heavy (non-hydrogen) atoms. The molecule has 2 N–H and O–H groups in total. The van der Waals surface area contributed by atoms with E-state index in [1.807, 2.05) is 54.7 Å². The number of methoxy groups -OCH3 is 1. The predicted octanol–water partition coefficient (Wildman–Crippen LogP) is 5.20. The highest BCUT2D eigenvalue weighted by molar-refractivity contribution is 7.80. The minimum absolute atomic E-state index is 0.114. The van der Waals surface area contributed by atoms with Crippen LogP contribution in [-0.4, -0.2) is 44.1 Å². The maximum absolute atomic E-state index is 13.0. The van der Waals surface area contributed by atoms with E-state index >= 15 is 0 Å². The minimum Gasteiger partial charge on any atom is -0.495 e. The quantitative estimate of drug-likeness (QED) is 0.297. The number of nitrogens with one attached hydrogen (secondary N) is 2. The van der Waals surface area contributed by atoms with Crippen LogP contribution in [0.3, 0.4) is 0 Å². The molecule has 4 heterocycles. The van der Waals surface area contributed by atoms with Crippen molar-refractivity contribution in [2.45, 2.75) is 39.3 Å². The highest BCUT2D eigenvalue weighted by atomic mass is 32.1. The van der Waals surface area contributed by atoms with E-state index in [0.29, 0.717) is 23.1 Å². The number of thiocarbonyl (C=S) groups is 1. The summed E-state index contributed by atoms with van der Waals surface area (Å²) < 4.78 is 7.57. The highest BCUT2D eigenvalue weighted by Crippen LogP contribution is 2.41. The van der Waals surface area contributed by atoms with Crippen LogP contribution in [0.1, 0.15) is 46.7 Å². The van der Waals surface area contributed by atoms with Crippen LogP contribution >= 0.6 is 12.2 Å². The zero-order valence-electron chi connectivity index (χ0n) is 22.5. The molecule has 200 valence electrons. The number of amides is 1. The molecule has 1 aliphatic heterocycles. The normalized spacial score (nSPS) is 16.7. The smallest absolute Gasteiger partial charge is 0.226 e. The molecule has 1 fully saturated rings. The molecule has 1 saturated heterocycles. The molecule has 0 saturated carbocycles. The number of aromatic nitrogens is 3. The fourth-order valence-corrected chi connectivity index (χ4v) is 5.62. The van der Waals surface area contributed by atoms with Crippen LogP contribution in [0.4, 0.5) is 5.69 Å². The van der Waals surface area contributed by atoms with Gasteiger partial charge in [0.15, 0.2) is 5.11 Å². The SMILES string of the molecule is COc1ccccc1NC(=O)CCN1C(=S)N[C@@H](c2ccccn2)[C@H]1c1cc(C)n(-c2ncccc2C)c1C. The lowest BCUT2D eigenvalue weighted by Gasteiger charge is -2.28. The van der Waals surface area contributed by atoms with E-state index in [1.165, 1.54) is 0 Å². The second-order valence-corrected chi connectivity index (χ2v) is 10.0. The number of hydrogen-bond acceptors (Lipinski definition) is 5. The average Bonchev–Trinajstić information content (AvgIpc) is 3.42. The lowest BCUT2D eigenvalue weighted by molar-refractivity contribution is -0.116. The first-order valence-electron chi connectivity index (χ1n) is 12.9. The Morgan fingerprint density at radius 3 is 2.56 bits per heavy atom. The molecule has 0 unspecified atom stereocenters. The molecule has 1 aliphatic rings. The van der Waals surface area contributed by atoms with E-state index in [-0.39, 0.29) is 24.4 Å². The number of carbonyl (C=O) groups excluding carboxylic acids is 1. The van der Waals surface area contributed by atoms with E-state index in [9.17, 15) is 4.79 Å². The van der Waals surface area contributed by atoms with Gasteiger partial charge in [0.1, 0.15) is 11.6 Å². The Morgan fingerprint density at radius 1 is 1.05 bits per heavy atom. The van der Waals surface area contributed by atoms with E-state index < -0.39 is 0 Å². The third kappa shape index (κ3) is 5.22. The van der Waals surface area contributed by atoms with Gasteiger partial charge in [-0.05, 0) is 80.5 Å². The van der Waals surface area contributed by atoms with E-state index in [1.54, 1.807) is 13.3 Å². The third-order valence-corrected chi connectivity index (χ3v) is 7.49. The summed E-state index contributed by atoms with van der Waals surface area (Å²) in [4.78, 5) is 24.4. The van der Waals surface area contributed by atoms with Crippen molar-refractivity contribution < 1.29 is 9.53 Å². The molecule has 0 bridgehead atoms. The Balaban J connectivity index is 1.47. The zero-order chi connectivity index (χ0) is 27.5. The Hall–Kier alpha value is -4.24. The number of benzene rings is 1. The highest BCUT2D eigenvalue weighted by Gasteiger charge is 2.41. The largest absolute Gasteiger partial charge is 0.495 e. The summed E-state index contributed by atoms with van der Waals surface area (Å²) in [5, 5.41) is 7.05. The molecule has 8 nitrogen and oxygen atoms in total. The molecule has 0 aliphatic carbocycles. The van der Waals surface area contributed by atoms with Gasteiger partial charge in [0.2, 0.25) is 5.91 Å². The number of para-hydroxylation sites is 2. The predicted molar refractivity (Wildman–Crippen MR) is 156 cm³/mol. The van der Waals surface area contributed by atoms with Crippen molar-refractivity contribution in [1.29, 1.82) is 0 Å². The number of carbonyl (C=O) groups is 1. The summed E-state index contributed by atoms with van der Waals surface area (Å²) in [6, 6.07) is 19.2. The number of pyridine rings is 2. The van der Waals surface area contributed by atoms with Crippen LogP contribution in [0.15, 0.2) is 73.1 Å². The number of ether oxygens (including phenoxy) is 1. The Kier molecular flexibility index (Phi) is 7.60. The molecule has 5 rings (SSSR count). The topological polar surface area (TPSA) is 84.3 Å². The molecular weight excluding hydrogens is 508 g/mol. The number of hydrogen-bond donors (Lipinski definition) is 2. The van der Waals surface area contributed by atoms with Gasteiger partial charge >= 0.3 is 0 Å². The molecule has 4 aromatic rings. The summed E-state index contributed by atoms with van der Waals surface area (Å²) in [6.45, 7) is 6.70. The Labute approximate surface area is 234 Å². The van der Waals surface area contributed by atoms with Gasteiger partial charge in [-0.15, -0.1) is 0 Å². The fraction of sp³-hybridized carbons (Fsp3) is 0.267. The third-order valence-electron chi connectivity index (χ3n) is 7.14. The average molecular weight is 541 g/mol. The van der Waals surface area contributed by atoms with Crippen molar-refractivity contribution in [2.24, 2.45) is 0 Å². The first-order chi connectivity index (χ1) is 18.9. The molecule has 9 heteroatoms. The van der Waals surface area contributed by atoms with Crippen molar-refractivity contribution in [1.82, 2.24) is 24.8 Å². The fourth-order valence-electron chi connectivity index (χ4n) is 5.29. The summed E-state index contributed by atoms with van der Waals surface area (Å²) >= 11 is 5.83. The second-order valence-electron chi connectivity index (χ2n) is 9.62. The van der Waals surface area contributed by atoms with Gasteiger partial charge in [-0.3, -0.25) is 9.78 Å². The van der Waals surface area contributed by atoms with Crippen molar-refractivity contribution >= 4 is 28.9 Å². The van der Waals surface area contributed by atoms with E-state index in [4.69, 9.17) is 17.0 Å². The molecule has 3 aromatic heterocycles. The summed E-state index contributed by atoms with van der Waals surface area (Å²) in [5.41, 5.74) is 5.91. The van der Waals surface area contributed by atoms with E-state index in [2.05, 4.69) is 63.0 Å². The Bertz CT molecular complexity index is 1500. The van der Waals surface area contributed by atoms with Crippen molar-refractivity contribution in [3.8, 4) is 11.6 Å². The summed E-state index contributed by atoms with van der Waals surface area (Å²) in [5.74, 6) is 1.41. The molecule has 0 radical (unpaired) electrons. The first kappa shape index (κ1) is 26.4. The van der Waals surface area contributed by atoms with Crippen molar-refractivity contribution in [3.63, 3.8) is 0 Å². The number of anilines is 1. The van der Waals surface area contributed by atoms with Crippen LogP contribution in [-0.2, 0) is 4.79 Å². The molecule has 1 aromatic carbocycles. The van der Waals surface area contributed by atoms with Gasteiger partial charge in [-0.25, -0.2) is 4.98 Å². The monoisotopic (exact) mass is 540 g/mol. The van der Waals surface area contributed by atoms with Gasteiger partial charge in [0, 0.05) is 36.7 Å². The standard InChI is InChI=1S/C30H32N6O2S/c1-19-10-9-16-32-29(19)36-20(2)18-22(21(36)3)28-27(24-12-7-8-15-31-24)34-30(39)35(28)17-14-26(37)33-23-11-5-6-13-25(23)38-4/h5-13,15-16,18,27-28H,14,17H2,1-4H3,(H,33,37)(H,34,39)/t27-,28+/m0/s1. The van der Waals surface area contributed by atoms with Crippen LogP contribution in [0, 0.1) is 20.8 Å². The van der Waals surface area contributed by atoms with E-state index in [0.717, 1.165) is 34.0 Å². The van der Waals surface area contributed by atoms with Gasteiger partial charge in [-0.2, -0.15) is 0 Å². The van der Waals surface area contributed by atoms with Gasteiger partial charge < -0.3 is 24.8 Å². The summed E-state index contributed by atoms with van der Waals surface area (Å²) in [7, 11) is 1.59. The molecule has 2 atom stereocenters. The van der Waals surface area contributed by atoms with Crippen LogP contribution in [0.2, 0.25) is 0 Å². The van der Waals surface area contributed by atoms with Gasteiger partial charge in [-0.1, -0.05) is 24.3 Å². The van der Waals surface area contributed by atoms with Crippen LogP contribution in [0.5, 0.6) is 5.75 Å². The van der Waals surface area contributed by atoms with Gasteiger partial charge in [0.05, 0.1) is 30.6 Å². The van der Waals surface area contributed by atoms with Gasteiger partial charge in [0.25, 0.3) is 0 Å². The van der Waals surface area contributed by atoms with Crippen molar-refractivity contribution in [2.75, 3.05) is 19.0 Å².